The van der Waals surface area contributed by atoms with Gasteiger partial charge in [0.2, 0.25) is 0 Å². The molecule has 6 nitrogen and oxygen atoms in total. The van der Waals surface area contributed by atoms with Gasteiger partial charge in [-0.05, 0) is 36.8 Å². The number of esters is 1. The van der Waals surface area contributed by atoms with Crippen LogP contribution in [-0.4, -0.2) is 35.9 Å². The molecule has 0 aliphatic carbocycles. The molecule has 27 heavy (non-hydrogen) atoms. The van der Waals surface area contributed by atoms with Crippen LogP contribution in [0.2, 0.25) is 10.0 Å². The second-order valence-electron chi connectivity index (χ2n) is 5.76. The van der Waals surface area contributed by atoms with Crippen LogP contribution in [0.25, 0.3) is 0 Å². The molecule has 0 unspecified atom stereocenters. The van der Waals surface area contributed by atoms with Gasteiger partial charge in [-0.15, -0.1) is 0 Å². The number of carbonyl (C=O) groups excluding carboxylic acids is 3. The first-order valence-electron chi connectivity index (χ1n) is 7.90. The predicted octanol–water partition coefficient (Wildman–Crippen LogP) is 3.42. The summed E-state index contributed by atoms with van der Waals surface area (Å²) in [5.74, 6) is -1.79. The van der Waals surface area contributed by atoms with Crippen molar-refractivity contribution >= 4 is 40.9 Å². The molecule has 0 bridgehead atoms. The van der Waals surface area contributed by atoms with Crippen molar-refractivity contribution in [3.05, 3.63) is 63.1 Å². The highest BCUT2D eigenvalue weighted by Gasteiger charge is 2.25. The summed E-state index contributed by atoms with van der Waals surface area (Å²) in [6.45, 7) is 1.32. The highest BCUT2D eigenvalue weighted by molar-refractivity contribution is 6.39. The van der Waals surface area contributed by atoms with Gasteiger partial charge in [-0.1, -0.05) is 35.3 Å². The lowest BCUT2D eigenvalue weighted by molar-refractivity contribution is -0.142. The fraction of sp³-hybridized carbons (Fsp3) is 0.211. The van der Waals surface area contributed by atoms with Gasteiger partial charge < -0.3 is 15.2 Å². The first-order valence-corrected chi connectivity index (χ1v) is 8.65. The van der Waals surface area contributed by atoms with Crippen molar-refractivity contribution in [2.45, 2.75) is 19.4 Å². The Kier molecular flexibility index (Phi) is 6.82. The third-order valence-corrected chi connectivity index (χ3v) is 4.49. The van der Waals surface area contributed by atoms with Gasteiger partial charge in [-0.2, -0.15) is 0 Å². The van der Waals surface area contributed by atoms with E-state index in [0.29, 0.717) is 5.56 Å². The van der Waals surface area contributed by atoms with Crippen LogP contribution in [-0.2, 0) is 16.0 Å². The van der Waals surface area contributed by atoms with E-state index in [2.05, 4.69) is 5.32 Å². The van der Waals surface area contributed by atoms with Crippen molar-refractivity contribution in [1.82, 2.24) is 5.32 Å². The molecular weight excluding hydrogens is 393 g/mol. The van der Waals surface area contributed by atoms with Crippen molar-refractivity contribution in [2.24, 2.45) is 0 Å². The second-order valence-corrected chi connectivity index (χ2v) is 6.57. The van der Waals surface area contributed by atoms with Crippen molar-refractivity contribution in [3.8, 4) is 5.75 Å². The molecule has 0 aliphatic rings. The summed E-state index contributed by atoms with van der Waals surface area (Å²) in [7, 11) is 1.20. The molecule has 2 aromatic rings. The van der Waals surface area contributed by atoms with E-state index in [-0.39, 0.29) is 39.1 Å². The number of rotatable bonds is 6. The standard InChI is InChI=1S/C19H17Cl2NO5/c1-10(23)12-8-11(6-7-16(12)24)9-15(19(26)27-2)22-18(25)17-13(20)4-3-5-14(17)21/h3-8,15,24H,9H2,1-2H3,(H,22,25)/t15-/m0/s1. The number of hydrogen-bond acceptors (Lipinski definition) is 5. The Labute approximate surface area is 166 Å². The first-order chi connectivity index (χ1) is 12.7. The zero-order valence-electron chi connectivity index (χ0n) is 14.6. The number of methoxy groups -OCH3 is 1. The fourth-order valence-corrected chi connectivity index (χ4v) is 3.08. The van der Waals surface area contributed by atoms with Gasteiger partial charge in [0.05, 0.1) is 28.3 Å². The number of nitrogens with one attached hydrogen (secondary N) is 1. The molecule has 2 rings (SSSR count). The summed E-state index contributed by atoms with van der Waals surface area (Å²) in [6.07, 6.45) is 0.0427. The number of ketones is 1. The molecule has 0 aliphatic heterocycles. The molecule has 0 saturated carbocycles. The van der Waals surface area contributed by atoms with Gasteiger partial charge in [0.15, 0.2) is 5.78 Å². The van der Waals surface area contributed by atoms with E-state index in [1.54, 1.807) is 12.1 Å². The summed E-state index contributed by atoms with van der Waals surface area (Å²) >= 11 is 12.1. The minimum Gasteiger partial charge on any atom is -0.507 e. The second kappa shape index (κ2) is 8.88. The zero-order valence-corrected chi connectivity index (χ0v) is 16.1. The maximum absolute atomic E-state index is 12.6. The van der Waals surface area contributed by atoms with Crippen LogP contribution in [0.3, 0.4) is 0 Å². The van der Waals surface area contributed by atoms with Crippen molar-refractivity contribution < 1.29 is 24.2 Å². The van der Waals surface area contributed by atoms with Crippen LogP contribution in [0.5, 0.6) is 5.75 Å². The summed E-state index contributed by atoms with van der Waals surface area (Å²) in [5.41, 5.74) is 0.723. The van der Waals surface area contributed by atoms with E-state index >= 15 is 0 Å². The largest absolute Gasteiger partial charge is 0.507 e. The fourth-order valence-electron chi connectivity index (χ4n) is 2.51. The van der Waals surface area contributed by atoms with Crippen molar-refractivity contribution in [1.29, 1.82) is 0 Å². The molecule has 142 valence electrons. The number of aromatic hydroxyl groups is 1. The SMILES string of the molecule is COC(=O)[C@H](Cc1ccc(O)c(C(C)=O)c1)NC(=O)c1c(Cl)cccc1Cl. The number of carbonyl (C=O) groups is 3. The number of Topliss-reactive ketones (excluding diaryl/α,β-unsaturated/α-hetero) is 1. The maximum Gasteiger partial charge on any atom is 0.328 e. The summed E-state index contributed by atoms with van der Waals surface area (Å²) < 4.78 is 4.75. The highest BCUT2D eigenvalue weighted by atomic mass is 35.5. The van der Waals surface area contributed by atoms with E-state index in [1.165, 1.54) is 38.3 Å². The molecule has 8 heteroatoms. The van der Waals surface area contributed by atoms with Crippen LogP contribution in [0.15, 0.2) is 36.4 Å². The monoisotopic (exact) mass is 409 g/mol. The Balaban J connectivity index is 2.29. The molecule has 0 radical (unpaired) electrons. The average molecular weight is 410 g/mol. The number of benzene rings is 2. The molecule has 0 heterocycles. The van der Waals surface area contributed by atoms with Crippen LogP contribution in [0.1, 0.15) is 33.2 Å². The Morgan fingerprint density at radius 1 is 1.15 bits per heavy atom. The zero-order chi connectivity index (χ0) is 20.1. The number of phenols is 1. The smallest absolute Gasteiger partial charge is 0.328 e. The topological polar surface area (TPSA) is 92.7 Å². The van der Waals surface area contributed by atoms with E-state index < -0.39 is 17.9 Å². The lowest BCUT2D eigenvalue weighted by Gasteiger charge is -2.18. The van der Waals surface area contributed by atoms with Gasteiger partial charge in [0.1, 0.15) is 11.8 Å². The van der Waals surface area contributed by atoms with E-state index in [1.807, 2.05) is 0 Å². The minimum atomic E-state index is -1.04. The van der Waals surface area contributed by atoms with E-state index in [9.17, 15) is 19.5 Å². The lowest BCUT2D eigenvalue weighted by Crippen LogP contribution is -2.43. The van der Waals surface area contributed by atoms with Gasteiger partial charge in [-0.25, -0.2) is 4.79 Å². The van der Waals surface area contributed by atoms with Crippen molar-refractivity contribution in [2.75, 3.05) is 7.11 Å². The molecule has 2 N–H and O–H groups in total. The van der Waals surface area contributed by atoms with Crippen molar-refractivity contribution in [3.63, 3.8) is 0 Å². The number of phenolic OH excluding ortho intramolecular Hbond substituents is 1. The first kappa shape index (κ1) is 20.7. The van der Waals surface area contributed by atoms with Crippen LogP contribution >= 0.6 is 23.2 Å². The summed E-state index contributed by atoms with van der Waals surface area (Å²) in [4.78, 5) is 36.3. The molecule has 2 aromatic carbocycles. The van der Waals surface area contributed by atoms with Gasteiger partial charge in [0.25, 0.3) is 5.91 Å². The minimum absolute atomic E-state index is 0.0427. The number of hydrogen-bond donors (Lipinski definition) is 2. The normalized spacial score (nSPS) is 11.6. The summed E-state index contributed by atoms with van der Waals surface area (Å²) in [5, 5.41) is 12.6. The predicted molar refractivity (Wildman–Crippen MR) is 102 cm³/mol. The van der Waals surface area contributed by atoms with Crippen LogP contribution < -0.4 is 5.32 Å². The Morgan fingerprint density at radius 2 is 1.78 bits per heavy atom. The molecule has 0 fully saturated rings. The third kappa shape index (κ3) is 4.99. The molecular formula is C19H17Cl2NO5. The van der Waals surface area contributed by atoms with Gasteiger partial charge in [-0.3, -0.25) is 9.59 Å². The molecule has 0 spiro atoms. The summed E-state index contributed by atoms with van der Waals surface area (Å²) in [6, 6.07) is 7.93. The maximum atomic E-state index is 12.6. The Bertz CT molecular complexity index is 877. The Morgan fingerprint density at radius 3 is 2.33 bits per heavy atom. The molecule has 0 aromatic heterocycles. The van der Waals surface area contributed by atoms with Gasteiger partial charge >= 0.3 is 5.97 Å². The molecule has 1 atom stereocenters. The van der Waals surface area contributed by atoms with E-state index in [0.717, 1.165) is 0 Å². The highest BCUT2D eigenvalue weighted by Crippen LogP contribution is 2.25. The quantitative estimate of drug-likeness (QED) is 0.563. The molecule has 0 saturated heterocycles. The average Bonchev–Trinajstić information content (AvgIpc) is 2.61. The lowest BCUT2D eigenvalue weighted by atomic mass is 10.0. The van der Waals surface area contributed by atoms with Gasteiger partial charge in [0, 0.05) is 6.42 Å². The number of ether oxygens (including phenoxy) is 1. The van der Waals surface area contributed by atoms with Crippen LogP contribution in [0, 0.1) is 0 Å². The number of amides is 1. The van der Waals surface area contributed by atoms with Crippen LogP contribution in [0.4, 0.5) is 0 Å². The Hall–Kier alpha value is -2.57. The third-order valence-electron chi connectivity index (χ3n) is 3.86. The number of halogens is 2. The molecule has 1 amide bonds. The van der Waals surface area contributed by atoms with E-state index in [4.69, 9.17) is 27.9 Å².